The van der Waals surface area contributed by atoms with Gasteiger partial charge in [0.25, 0.3) is 11.8 Å². The van der Waals surface area contributed by atoms with E-state index < -0.39 is 0 Å². The summed E-state index contributed by atoms with van der Waals surface area (Å²) in [5.74, 6) is 0.182. The van der Waals surface area contributed by atoms with Gasteiger partial charge in [0.15, 0.2) is 0 Å². The number of rotatable bonds is 9. The standard InChI is InChI=1S/C23H26N2O4/c1-16-6-3-7-18(14-16)29-13-5-11-24-21(26)8-4-12-25-22(27)19-10-9-17(2)15-20(19)23(25)28/h3,6-7,9-10,14-15H,4-5,8,11-13H2,1-2H3,(H,24,26). The number of imide groups is 1. The number of aryl methyl sites for hydroxylation is 2. The van der Waals surface area contributed by atoms with Gasteiger partial charge in [-0.2, -0.15) is 0 Å². The minimum Gasteiger partial charge on any atom is -0.494 e. The molecular formula is C23H26N2O4. The summed E-state index contributed by atoms with van der Waals surface area (Å²) in [6.07, 6.45) is 1.42. The maximum Gasteiger partial charge on any atom is 0.261 e. The smallest absolute Gasteiger partial charge is 0.261 e. The molecule has 1 heterocycles. The van der Waals surface area contributed by atoms with Gasteiger partial charge in [-0.3, -0.25) is 19.3 Å². The second-order valence-corrected chi connectivity index (χ2v) is 7.28. The lowest BCUT2D eigenvalue weighted by Gasteiger charge is -2.13. The predicted molar refractivity (Wildman–Crippen MR) is 110 cm³/mol. The molecule has 3 rings (SSSR count). The Kier molecular flexibility index (Phi) is 6.65. The van der Waals surface area contributed by atoms with Gasteiger partial charge in [0.1, 0.15) is 5.75 Å². The fourth-order valence-electron chi connectivity index (χ4n) is 3.29. The first-order valence-corrected chi connectivity index (χ1v) is 9.89. The molecule has 0 aliphatic carbocycles. The van der Waals surface area contributed by atoms with E-state index in [4.69, 9.17) is 4.74 Å². The number of carbonyl (C=O) groups excluding carboxylic acids is 3. The Morgan fingerprint density at radius 3 is 2.52 bits per heavy atom. The molecule has 0 saturated carbocycles. The van der Waals surface area contributed by atoms with E-state index in [9.17, 15) is 14.4 Å². The minimum atomic E-state index is -0.279. The number of benzene rings is 2. The summed E-state index contributed by atoms with van der Waals surface area (Å²) in [6.45, 7) is 5.19. The molecule has 1 aliphatic rings. The van der Waals surface area contributed by atoms with Crippen molar-refractivity contribution in [3.05, 3.63) is 64.7 Å². The Hall–Kier alpha value is -3.15. The van der Waals surface area contributed by atoms with Gasteiger partial charge in [0.05, 0.1) is 17.7 Å². The Morgan fingerprint density at radius 1 is 0.966 bits per heavy atom. The molecular weight excluding hydrogens is 368 g/mol. The average Bonchev–Trinajstić information content (AvgIpc) is 2.92. The minimum absolute atomic E-state index is 0.0898. The summed E-state index contributed by atoms with van der Waals surface area (Å²) in [7, 11) is 0. The molecule has 0 aromatic heterocycles. The summed E-state index contributed by atoms with van der Waals surface area (Å²) >= 11 is 0. The molecule has 0 spiro atoms. The molecule has 0 fully saturated rings. The van der Waals surface area contributed by atoms with Crippen LogP contribution in [0.25, 0.3) is 0 Å². The van der Waals surface area contributed by atoms with Crippen LogP contribution in [0.15, 0.2) is 42.5 Å². The highest BCUT2D eigenvalue weighted by molar-refractivity contribution is 6.21. The third kappa shape index (κ3) is 5.22. The molecule has 2 aromatic rings. The van der Waals surface area contributed by atoms with E-state index in [1.165, 1.54) is 4.90 Å². The number of hydrogen-bond acceptors (Lipinski definition) is 4. The molecule has 0 atom stereocenters. The van der Waals surface area contributed by atoms with Crippen LogP contribution in [0.1, 0.15) is 51.1 Å². The summed E-state index contributed by atoms with van der Waals surface area (Å²) in [6, 6.07) is 13.1. The lowest BCUT2D eigenvalue weighted by molar-refractivity contribution is -0.121. The van der Waals surface area contributed by atoms with Gasteiger partial charge in [-0.25, -0.2) is 0 Å². The molecule has 29 heavy (non-hydrogen) atoms. The third-order valence-corrected chi connectivity index (χ3v) is 4.81. The number of ether oxygens (including phenoxy) is 1. The lowest BCUT2D eigenvalue weighted by atomic mass is 10.1. The Labute approximate surface area is 170 Å². The number of fused-ring (bicyclic) bond motifs is 1. The molecule has 0 unspecified atom stereocenters. The van der Waals surface area contributed by atoms with Crippen LogP contribution in [-0.2, 0) is 4.79 Å². The van der Waals surface area contributed by atoms with Crippen LogP contribution in [0, 0.1) is 13.8 Å². The van der Waals surface area contributed by atoms with Crippen molar-refractivity contribution in [1.29, 1.82) is 0 Å². The summed E-state index contributed by atoms with van der Waals surface area (Å²) in [5.41, 5.74) is 2.98. The molecule has 0 radical (unpaired) electrons. The Bertz CT molecular complexity index is 923. The number of nitrogens with one attached hydrogen (secondary N) is 1. The largest absolute Gasteiger partial charge is 0.494 e. The van der Waals surface area contributed by atoms with Crippen LogP contribution < -0.4 is 10.1 Å². The number of nitrogens with zero attached hydrogens (tertiary/aromatic N) is 1. The molecule has 152 valence electrons. The van der Waals surface area contributed by atoms with Crippen LogP contribution in [0.2, 0.25) is 0 Å². The van der Waals surface area contributed by atoms with Crippen LogP contribution in [-0.4, -0.2) is 42.3 Å². The Balaban J connectivity index is 1.33. The maximum atomic E-state index is 12.4. The van der Waals surface area contributed by atoms with Crippen molar-refractivity contribution in [2.75, 3.05) is 19.7 Å². The van der Waals surface area contributed by atoms with Gasteiger partial charge in [0, 0.05) is 19.5 Å². The highest BCUT2D eigenvalue weighted by atomic mass is 16.5. The first kappa shape index (κ1) is 20.6. The van der Waals surface area contributed by atoms with Gasteiger partial charge in [-0.1, -0.05) is 23.8 Å². The van der Waals surface area contributed by atoms with Crippen LogP contribution in [0.5, 0.6) is 5.75 Å². The quantitative estimate of drug-likeness (QED) is 0.523. The maximum absolute atomic E-state index is 12.4. The summed E-state index contributed by atoms with van der Waals surface area (Å²) < 4.78 is 5.65. The van der Waals surface area contributed by atoms with Gasteiger partial charge >= 0.3 is 0 Å². The number of amides is 3. The highest BCUT2D eigenvalue weighted by Crippen LogP contribution is 2.24. The zero-order chi connectivity index (χ0) is 20.8. The third-order valence-electron chi connectivity index (χ3n) is 4.81. The van der Waals surface area contributed by atoms with Crippen molar-refractivity contribution >= 4 is 17.7 Å². The van der Waals surface area contributed by atoms with Crippen molar-refractivity contribution in [2.24, 2.45) is 0 Å². The van der Waals surface area contributed by atoms with Gasteiger partial charge in [0.2, 0.25) is 5.91 Å². The SMILES string of the molecule is Cc1cccc(OCCCNC(=O)CCCN2C(=O)c3ccc(C)cc3C2=O)c1. The lowest BCUT2D eigenvalue weighted by Crippen LogP contribution is -2.32. The zero-order valence-electron chi connectivity index (χ0n) is 16.9. The first-order chi connectivity index (χ1) is 14.0. The van der Waals surface area contributed by atoms with E-state index >= 15 is 0 Å². The van der Waals surface area contributed by atoms with Crippen molar-refractivity contribution in [3.8, 4) is 5.75 Å². The van der Waals surface area contributed by atoms with E-state index in [0.29, 0.717) is 37.1 Å². The molecule has 1 N–H and O–H groups in total. The topological polar surface area (TPSA) is 75.7 Å². The second kappa shape index (κ2) is 9.37. The van der Waals surface area contributed by atoms with Crippen molar-refractivity contribution in [2.45, 2.75) is 33.1 Å². The zero-order valence-corrected chi connectivity index (χ0v) is 16.9. The fourth-order valence-corrected chi connectivity index (χ4v) is 3.29. The van der Waals surface area contributed by atoms with E-state index in [1.54, 1.807) is 12.1 Å². The predicted octanol–water partition coefficient (Wildman–Crippen LogP) is 3.26. The molecule has 0 saturated heterocycles. The summed E-state index contributed by atoms with van der Waals surface area (Å²) in [4.78, 5) is 38.0. The molecule has 1 aliphatic heterocycles. The van der Waals surface area contributed by atoms with Crippen LogP contribution in [0.3, 0.4) is 0 Å². The van der Waals surface area contributed by atoms with Crippen LogP contribution in [0.4, 0.5) is 0 Å². The van der Waals surface area contributed by atoms with Gasteiger partial charge in [-0.05, 0) is 56.5 Å². The van der Waals surface area contributed by atoms with E-state index in [1.807, 2.05) is 44.2 Å². The first-order valence-electron chi connectivity index (χ1n) is 9.89. The van der Waals surface area contributed by atoms with Crippen molar-refractivity contribution in [3.63, 3.8) is 0 Å². The highest BCUT2D eigenvalue weighted by Gasteiger charge is 2.34. The van der Waals surface area contributed by atoms with Crippen molar-refractivity contribution in [1.82, 2.24) is 10.2 Å². The van der Waals surface area contributed by atoms with E-state index in [0.717, 1.165) is 16.9 Å². The second-order valence-electron chi connectivity index (χ2n) is 7.28. The summed E-state index contributed by atoms with van der Waals surface area (Å²) in [5, 5.41) is 2.85. The molecule has 3 amide bonds. The molecule has 6 heteroatoms. The monoisotopic (exact) mass is 394 g/mol. The normalized spacial score (nSPS) is 12.8. The van der Waals surface area contributed by atoms with E-state index in [-0.39, 0.29) is 30.7 Å². The molecule has 2 aromatic carbocycles. The Morgan fingerprint density at radius 2 is 1.72 bits per heavy atom. The average molecular weight is 394 g/mol. The van der Waals surface area contributed by atoms with E-state index in [2.05, 4.69) is 5.32 Å². The fraction of sp³-hybridized carbons (Fsp3) is 0.348. The van der Waals surface area contributed by atoms with Gasteiger partial charge in [-0.15, -0.1) is 0 Å². The van der Waals surface area contributed by atoms with Gasteiger partial charge < -0.3 is 10.1 Å². The number of hydrogen-bond donors (Lipinski definition) is 1. The van der Waals surface area contributed by atoms with Crippen LogP contribution >= 0.6 is 0 Å². The number of carbonyl (C=O) groups is 3. The molecule has 6 nitrogen and oxygen atoms in total. The molecule has 0 bridgehead atoms. The van der Waals surface area contributed by atoms with Crippen molar-refractivity contribution < 1.29 is 19.1 Å².